The summed E-state index contributed by atoms with van der Waals surface area (Å²) in [4.78, 5) is 19.7. The van der Waals surface area contributed by atoms with Crippen LogP contribution in [0.3, 0.4) is 0 Å². The average molecular weight is 294 g/mol. The molecule has 0 bridgehead atoms. The fourth-order valence-electron chi connectivity index (χ4n) is 4.21. The molecule has 1 saturated carbocycles. The highest BCUT2D eigenvalue weighted by atomic mass is 16.2. The Hall–Kier alpha value is -1.90. The van der Waals surface area contributed by atoms with Crippen LogP contribution in [0.1, 0.15) is 49.0 Å². The molecule has 22 heavy (non-hydrogen) atoms. The molecule has 3 heteroatoms. The molecule has 1 saturated heterocycles. The van der Waals surface area contributed by atoms with E-state index in [1.807, 2.05) is 36.4 Å². The minimum Gasteiger partial charge on any atom is -0.334 e. The molecule has 2 heterocycles. The summed E-state index contributed by atoms with van der Waals surface area (Å²) in [6, 6.07) is 12.3. The number of rotatable bonds is 1. The Morgan fingerprint density at radius 1 is 1.00 bits per heavy atom. The number of piperidine rings is 1. The van der Waals surface area contributed by atoms with Gasteiger partial charge in [0.2, 0.25) is 0 Å². The first-order valence-electron chi connectivity index (χ1n) is 8.50. The summed E-state index contributed by atoms with van der Waals surface area (Å²) < 4.78 is 0. The maximum atomic E-state index is 13.0. The molecule has 114 valence electrons. The van der Waals surface area contributed by atoms with Crippen molar-refractivity contribution < 1.29 is 4.79 Å². The summed E-state index contributed by atoms with van der Waals surface area (Å²) in [5, 5.41) is 1.09. The number of hydrogen-bond donors (Lipinski definition) is 0. The molecule has 2 aliphatic rings. The van der Waals surface area contributed by atoms with Crippen LogP contribution >= 0.6 is 0 Å². The smallest absolute Gasteiger partial charge is 0.272 e. The molecule has 1 aliphatic heterocycles. The second-order valence-corrected chi connectivity index (χ2v) is 6.64. The van der Waals surface area contributed by atoms with Crippen molar-refractivity contribution in [1.29, 1.82) is 0 Å². The molecule has 4 rings (SSSR count). The number of aromatic nitrogens is 1. The maximum absolute atomic E-state index is 13.0. The summed E-state index contributed by atoms with van der Waals surface area (Å²) in [6.07, 6.45) is 7.48. The van der Waals surface area contributed by atoms with Crippen molar-refractivity contribution in [2.75, 3.05) is 6.54 Å². The quantitative estimate of drug-likeness (QED) is 0.795. The van der Waals surface area contributed by atoms with Gasteiger partial charge in [0.1, 0.15) is 5.69 Å². The van der Waals surface area contributed by atoms with Gasteiger partial charge in [0, 0.05) is 18.0 Å². The number of likely N-dealkylation sites (tertiary alicyclic amines) is 1. The van der Waals surface area contributed by atoms with Gasteiger partial charge in [-0.1, -0.05) is 37.1 Å². The highest BCUT2D eigenvalue weighted by molar-refractivity contribution is 5.95. The lowest BCUT2D eigenvalue weighted by Crippen LogP contribution is -2.49. The standard InChI is InChI=1S/C19H22N2O/c22-19(17-12-11-14-6-1-3-9-16(14)20-17)21-13-5-8-15-7-2-4-10-18(15)21/h1,3,6,9,11-12,15,18H,2,4-5,7-8,10,13H2. The Morgan fingerprint density at radius 2 is 1.82 bits per heavy atom. The summed E-state index contributed by atoms with van der Waals surface area (Å²) in [7, 11) is 0. The van der Waals surface area contributed by atoms with Crippen LogP contribution < -0.4 is 0 Å². The van der Waals surface area contributed by atoms with E-state index in [-0.39, 0.29) is 5.91 Å². The lowest BCUT2D eigenvalue weighted by Gasteiger charge is -2.44. The summed E-state index contributed by atoms with van der Waals surface area (Å²) in [5.74, 6) is 0.842. The first-order valence-corrected chi connectivity index (χ1v) is 8.50. The minimum absolute atomic E-state index is 0.127. The molecule has 1 aliphatic carbocycles. The number of carbonyl (C=O) groups excluding carboxylic acids is 1. The monoisotopic (exact) mass is 294 g/mol. The second-order valence-electron chi connectivity index (χ2n) is 6.64. The molecule has 0 N–H and O–H groups in total. The van der Waals surface area contributed by atoms with Crippen LogP contribution in [-0.4, -0.2) is 28.4 Å². The van der Waals surface area contributed by atoms with Gasteiger partial charge in [-0.15, -0.1) is 0 Å². The Kier molecular flexibility index (Phi) is 3.57. The summed E-state index contributed by atoms with van der Waals surface area (Å²) in [6.45, 7) is 0.897. The number of pyridine rings is 1. The molecule has 2 aromatic rings. The Morgan fingerprint density at radius 3 is 2.77 bits per heavy atom. The largest absolute Gasteiger partial charge is 0.334 e. The Balaban J connectivity index is 1.64. The van der Waals surface area contributed by atoms with Crippen molar-refractivity contribution in [2.45, 2.75) is 44.6 Å². The van der Waals surface area contributed by atoms with Gasteiger partial charge in [-0.05, 0) is 43.7 Å². The van der Waals surface area contributed by atoms with E-state index in [2.05, 4.69) is 9.88 Å². The summed E-state index contributed by atoms with van der Waals surface area (Å²) in [5.41, 5.74) is 1.51. The topological polar surface area (TPSA) is 33.2 Å². The average Bonchev–Trinajstić information content (AvgIpc) is 2.60. The fraction of sp³-hybridized carbons (Fsp3) is 0.474. The number of amides is 1. The predicted molar refractivity (Wildman–Crippen MR) is 87.8 cm³/mol. The third kappa shape index (κ3) is 2.39. The SMILES string of the molecule is O=C(c1ccc2ccccc2n1)N1CCCC2CCCCC21. The van der Waals surface area contributed by atoms with Crippen LogP contribution in [0.15, 0.2) is 36.4 Å². The first kappa shape index (κ1) is 13.7. The molecule has 2 unspecified atom stereocenters. The minimum atomic E-state index is 0.127. The van der Waals surface area contributed by atoms with Gasteiger partial charge in [0.25, 0.3) is 5.91 Å². The first-order chi connectivity index (χ1) is 10.8. The van der Waals surface area contributed by atoms with Crippen LogP contribution in [0, 0.1) is 5.92 Å². The molecule has 1 aromatic heterocycles. The maximum Gasteiger partial charge on any atom is 0.272 e. The van der Waals surface area contributed by atoms with Crippen molar-refractivity contribution >= 4 is 16.8 Å². The lowest BCUT2D eigenvalue weighted by molar-refractivity contribution is 0.0385. The van der Waals surface area contributed by atoms with Crippen LogP contribution in [0.4, 0.5) is 0 Å². The molecule has 0 radical (unpaired) electrons. The van der Waals surface area contributed by atoms with E-state index in [4.69, 9.17) is 0 Å². The molecule has 2 fully saturated rings. The zero-order valence-corrected chi connectivity index (χ0v) is 12.9. The van der Waals surface area contributed by atoms with E-state index in [0.717, 1.165) is 23.9 Å². The van der Waals surface area contributed by atoms with E-state index < -0.39 is 0 Å². The fourth-order valence-corrected chi connectivity index (χ4v) is 4.21. The molecule has 1 aromatic carbocycles. The molecule has 1 amide bonds. The van der Waals surface area contributed by atoms with Crippen molar-refractivity contribution in [2.24, 2.45) is 5.92 Å². The Labute approximate surface area is 131 Å². The highest BCUT2D eigenvalue weighted by Crippen LogP contribution is 2.35. The van der Waals surface area contributed by atoms with Crippen LogP contribution in [-0.2, 0) is 0 Å². The zero-order chi connectivity index (χ0) is 14.9. The van der Waals surface area contributed by atoms with E-state index in [1.54, 1.807) is 0 Å². The highest BCUT2D eigenvalue weighted by Gasteiger charge is 2.36. The normalized spacial score (nSPS) is 25.0. The van der Waals surface area contributed by atoms with Gasteiger partial charge in [-0.25, -0.2) is 4.98 Å². The molecule has 2 atom stereocenters. The number of hydrogen-bond acceptors (Lipinski definition) is 2. The third-order valence-electron chi connectivity index (χ3n) is 5.32. The number of benzene rings is 1. The van der Waals surface area contributed by atoms with E-state index in [0.29, 0.717) is 17.7 Å². The molecular formula is C19H22N2O. The number of nitrogens with zero attached hydrogens (tertiary/aromatic N) is 2. The Bertz CT molecular complexity index is 695. The molecule has 3 nitrogen and oxygen atoms in total. The van der Waals surface area contributed by atoms with Crippen molar-refractivity contribution in [1.82, 2.24) is 9.88 Å². The van der Waals surface area contributed by atoms with Crippen LogP contribution in [0.25, 0.3) is 10.9 Å². The zero-order valence-electron chi connectivity index (χ0n) is 12.9. The number of fused-ring (bicyclic) bond motifs is 2. The van der Waals surface area contributed by atoms with Crippen LogP contribution in [0.5, 0.6) is 0 Å². The number of carbonyl (C=O) groups is 1. The van der Waals surface area contributed by atoms with E-state index in [1.165, 1.54) is 32.1 Å². The van der Waals surface area contributed by atoms with Gasteiger partial charge in [0.05, 0.1) is 5.52 Å². The van der Waals surface area contributed by atoms with Gasteiger partial charge >= 0.3 is 0 Å². The second kappa shape index (κ2) is 5.71. The van der Waals surface area contributed by atoms with Gasteiger partial charge in [0.15, 0.2) is 0 Å². The molecular weight excluding hydrogens is 272 g/mol. The summed E-state index contributed by atoms with van der Waals surface area (Å²) >= 11 is 0. The van der Waals surface area contributed by atoms with Gasteiger partial charge in [-0.3, -0.25) is 4.79 Å². The van der Waals surface area contributed by atoms with Crippen molar-refractivity contribution in [3.05, 3.63) is 42.1 Å². The third-order valence-corrected chi connectivity index (χ3v) is 5.32. The molecule has 0 spiro atoms. The van der Waals surface area contributed by atoms with Crippen molar-refractivity contribution in [3.63, 3.8) is 0 Å². The lowest BCUT2D eigenvalue weighted by atomic mass is 9.78. The van der Waals surface area contributed by atoms with Gasteiger partial charge < -0.3 is 4.90 Å². The van der Waals surface area contributed by atoms with Crippen molar-refractivity contribution in [3.8, 4) is 0 Å². The van der Waals surface area contributed by atoms with Gasteiger partial charge in [-0.2, -0.15) is 0 Å². The predicted octanol–water partition coefficient (Wildman–Crippen LogP) is 4.03. The van der Waals surface area contributed by atoms with Crippen LogP contribution in [0.2, 0.25) is 0 Å². The van der Waals surface area contributed by atoms with E-state index in [9.17, 15) is 4.79 Å². The van der Waals surface area contributed by atoms with E-state index >= 15 is 0 Å². The number of para-hydroxylation sites is 1.